The van der Waals surface area contributed by atoms with Crippen molar-refractivity contribution in [2.75, 3.05) is 19.3 Å². The molecule has 1 heterocycles. The third-order valence-corrected chi connectivity index (χ3v) is 4.63. The van der Waals surface area contributed by atoms with Crippen molar-refractivity contribution in [2.24, 2.45) is 0 Å². The molecule has 2 rings (SSSR count). The summed E-state index contributed by atoms with van der Waals surface area (Å²) < 4.78 is 0.837. The number of nitrogens with one attached hydrogen (secondary N) is 2. The second-order valence-corrected chi connectivity index (χ2v) is 6.18. The van der Waals surface area contributed by atoms with Crippen molar-refractivity contribution in [3.05, 3.63) is 35.7 Å². The van der Waals surface area contributed by atoms with Gasteiger partial charge in [-0.25, -0.2) is 4.98 Å². The van der Waals surface area contributed by atoms with Gasteiger partial charge in [0.25, 0.3) is 0 Å². The third-order valence-electron chi connectivity index (χ3n) is 2.60. The highest BCUT2D eigenvalue weighted by molar-refractivity contribution is 8.01. The Morgan fingerprint density at radius 3 is 2.71 bits per heavy atom. The quantitative estimate of drug-likeness (QED) is 0.796. The van der Waals surface area contributed by atoms with Crippen LogP contribution in [-0.2, 0) is 9.59 Å². The van der Waals surface area contributed by atoms with Crippen LogP contribution in [0.4, 0.5) is 0 Å². The molecule has 0 bridgehead atoms. The van der Waals surface area contributed by atoms with Crippen molar-refractivity contribution in [1.29, 1.82) is 0 Å². The molecule has 110 valence electrons. The van der Waals surface area contributed by atoms with Gasteiger partial charge in [0.2, 0.25) is 11.8 Å². The molecular weight excluding hydrogens is 306 g/mol. The van der Waals surface area contributed by atoms with Gasteiger partial charge in [0.1, 0.15) is 0 Å². The van der Waals surface area contributed by atoms with Crippen LogP contribution in [-0.4, -0.2) is 36.1 Å². The highest BCUT2D eigenvalue weighted by atomic mass is 32.2. The number of carbonyl (C=O) groups is 2. The molecule has 0 unspecified atom stereocenters. The fourth-order valence-corrected chi connectivity index (χ4v) is 3.18. The van der Waals surface area contributed by atoms with Crippen LogP contribution in [0.3, 0.4) is 0 Å². The molecule has 7 heteroatoms. The van der Waals surface area contributed by atoms with Crippen molar-refractivity contribution >= 4 is 34.9 Å². The Hall–Kier alpha value is -1.86. The Kier molecular flexibility index (Phi) is 5.77. The van der Waals surface area contributed by atoms with E-state index in [0.29, 0.717) is 0 Å². The summed E-state index contributed by atoms with van der Waals surface area (Å²) in [6.45, 7) is 0.00300. The van der Waals surface area contributed by atoms with E-state index < -0.39 is 0 Å². The number of amides is 2. The fourth-order valence-electron chi connectivity index (χ4n) is 1.51. The van der Waals surface area contributed by atoms with E-state index in [1.54, 1.807) is 0 Å². The van der Waals surface area contributed by atoms with Crippen LogP contribution in [0.2, 0.25) is 0 Å². The number of benzene rings is 1. The van der Waals surface area contributed by atoms with Crippen LogP contribution in [0.1, 0.15) is 0 Å². The zero-order valence-electron chi connectivity index (χ0n) is 11.5. The molecule has 1 aromatic carbocycles. The lowest BCUT2D eigenvalue weighted by Crippen LogP contribution is -2.35. The lowest BCUT2D eigenvalue weighted by atomic mass is 10.2. The first-order valence-corrected chi connectivity index (χ1v) is 8.16. The summed E-state index contributed by atoms with van der Waals surface area (Å²) in [5.74, 6) is -0.146. The van der Waals surface area contributed by atoms with E-state index in [-0.39, 0.29) is 24.1 Å². The maximum absolute atomic E-state index is 11.6. The van der Waals surface area contributed by atoms with E-state index in [0.717, 1.165) is 15.6 Å². The van der Waals surface area contributed by atoms with Crippen LogP contribution < -0.4 is 10.6 Å². The Balaban J connectivity index is 1.83. The number of thiazole rings is 1. The van der Waals surface area contributed by atoms with Crippen LogP contribution in [0, 0.1) is 0 Å². The predicted molar refractivity (Wildman–Crippen MR) is 85.4 cm³/mol. The molecule has 0 aliphatic rings. The Bertz CT molecular complexity index is 614. The minimum absolute atomic E-state index is 0.00300. The van der Waals surface area contributed by atoms with Gasteiger partial charge in [-0.05, 0) is 0 Å². The monoisotopic (exact) mass is 321 g/mol. The maximum Gasteiger partial charge on any atom is 0.239 e. The number of thioether (sulfide) groups is 1. The van der Waals surface area contributed by atoms with Crippen molar-refractivity contribution < 1.29 is 9.59 Å². The predicted octanol–water partition coefficient (Wildman–Crippen LogP) is 1.76. The molecule has 21 heavy (non-hydrogen) atoms. The first-order chi connectivity index (χ1) is 10.2. The maximum atomic E-state index is 11.6. The van der Waals surface area contributed by atoms with E-state index in [1.807, 2.05) is 35.7 Å². The van der Waals surface area contributed by atoms with Crippen LogP contribution in [0.15, 0.2) is 40.1 Å². The molecule has 5 nitrogen and oxygen atoms in total. The molecule has 0 saturated heterocycles. The molecule has 0 saturated carbocycles. The molecule has 0 aliphatic carbocycles. The Morgan fingerprint density at radius 1 is 1.24 bits per heavy atom. The van der Waals surface area contributed by atoms with E-state index in [2.05, 4.69) is 15.6 Å². The summed E-state index contributed by atoms with van der Waals surface area (Å²) in [5.41, 5.74) is 1.97. The second kappa shape index (κ2) is 7.80. The summed E-state index contributed by atoms with van der Waals surface area (Å²) in [6, 6.07) is 9.89. The number of rotatable bonds is 6. The van der Waals surface area contributed by atoms with Crippen molar-refractivity contribution in [1.82, 2.24) is 15.6 Å². The van der Waals surface area contributed by atoms with E-state index >= 15 is 0 Å². The van der Waals surface area contributed by atoms with Gasteiger partial charge in [-0.2, -0.15) is 0 Å². The lowest BCUT2D eigenvalue weighted by Gasteiger charge is -2.02. The largest absolute Gasteiger partial charge is 0.358 e. The average Bonchev–Trinajstić information content (AvgIpc) is 3.00. The SMILES string of the molecule is CNC(=O)CNC(=O)CSc1nc(-c2ccccc2)cs1. The number of carbonyl (C=O) groups excluding carboxylic acids is 2. The third kappa shape index (κ3) is 4.87. The van der Waals surface area contributed by atoms with Gasteiger partial charge in [0.15, 0.2) is 4.34 Å². The van der Waals surface area contributed by atoms with Gasteiger partial charge in [0.05, 0.1) is 18.0 Å². The van der Waals surface area contributed by atoms with Gasteiger partial charge in [-0.1, -0.05) is 42.1 Å². The smallest absolute Gasteiger partial charge is 0.239 e. The summed E-state index contributed by atoms with van der Waals surface area (Å²) in [6.07, 6.45) is 0. The Morgan fingerprint density at radius 2 is 2.00 bits per heavy atom. The molecule has 0 radical (unpaired) electrons. The molecular formula is C14H15N3O2S2. The minimum Gasteiger partial charge on any atom is -0.358 e. The lowest BCUT2D eigenvalue weighted by molar-refractivity contribution is -0.124. The molecule has 0 fully saturated rings. The van der Waals surface area contributed by atoms with Crippen molar-refractivity contribution in [3.8, 4) is 11.3 Å². The van der Waals surface area contributed by atoms with Gasteiger partial charge >= 0.3 is 0 Å². The molecule has 2 N–H and O–H groups in total. The van der Waals surface area contributed by atoms with E-state index in [4.69, 9.17) is 0 Å². The summed E-state index contributed by atoms with van der Waals surface area (Å²) >= 11 is 2.87. The highest BCUT2D eigenvalue weighted by Gasteiger charge is 2.08. The van der Waals surface area contributed by atoms with Gasteiger partial charge in [0, 0.05) is 18.0 Å². The summed E-state index contributed by atoms with van der Waals surface area (Å²) in [4.78, 5) is 27.1. The first kappa shape index (κ1) is 15.5. The molecule has 2 aromatic rings. The average molecular weight is 321 g/mol. The van der Waals surface area contributed by atoms with Crippen LogP contribution >= 0.6 is 23.1 Å². The second-order valence-electron chi connectivity index (χ2n) is 4.10. The Labute approximate surface area is 131 Å². The van der Waals surface area contributed by atoms with Gasteiger partial charge in [-0.3, -0.25) is 9.59 Å². The number of hydrogen-bond donors (Lipinski definition) is 2. The van der Waals surface area contributed by atoms with Crippen LogP contribution in [0.5, 0.6) is 0 Å². The van der Waals surface area contributed by atoms with Crippen molar-refractivity contribution in [2.45, 2.75) is 4.34 Å². The topological polar surface area (TPSA) is 71.1 Å². The zero-order chi connectivity index (χ0) is 15.1. The zero-order valence-corrected chi connectivity index (χ0v) is 13.1. The molecule has 0 aliphatic heterocycles. The standard InChI is InChI=1S/C14H15N3O2S2/c1-15-12(18)7-16-13(19)9-21-14-17-11(8-20-14)10-5-3-2-4-6-10/h2-6,8H,7,9H2,1H3,(H,15,18)(H,16,19). The number of aromatic nitrogens is 1. The first-order valence-electron chi connectivity index (χ1n) is 6.30. The van der Waals surface area contributed by atoms with Gasteiger partial charge < -0.3 is 10.6 Å². The molecule has 2 amide bonds. The molecule has 0 atom stereocenters. The van der Waals surface area contributed by atoms with E-state index in [9.17, 15) is 9.59 Å². The summed E-state index contributed by atoms with van der Waals surface area (Å²) in [7, 11) is 1.53. The fraction of sp³-hybridized carbons (Fsp3) is 0.214. The summed E-state index contributed by atoms with van der Waals surface area (Å²) in [5, 5.41) is 6.96. The minimum atomic E-state index is -0.214. The molecule has 0 spiro atoms. The normalized spacial score (nSPS) is 10.1. The van der Waals surface area contributed by atoms with Crippen molar-refractivity contribution in [3.63, 3.8) is 0 Å². The highest BCUT2D eigenvalue weighted by Crippen LogP contribution is 2.27. The van der Waals surface area contributed by atoms with Gasteiger partial charge in [-0.15, -0.1) is 11.3 Å². The van der Waals surface area contributed by atoms with E-state index in [1.165, 1.54) is 30.1 Å². The molecule has 1 aromatic heterocycles. The number of hydrogen-bond acceptors (Lipinski definition) is 5. The number of likely N-dealkylation sites (N-methyl/N-ethyl adjacent to an activating group) is 1. The van der Waals surface area contributed by atoms with Crippen LogP contribution in [0.25, 0.3) is 11.3 Å². The number of nitrogens with zero attached hydrogens (tertiary/aromatic N) is 1.